The maximum absolute atomic E-state index is 14.7. The van der Waals surface area contributed by atoms with Crippen molar-refractivity contribution in [2.45, 2.75) is 37.6 Å². The van der Waals surface area contributed by atoms with Gasteiger partial charge in [-0.25, -0.2) is 19.3 Å². The number of rotatable bonds is 4. The highest BCUT2D eigenvalue weighted by molar-refractivity contribution is 5.88. The zero-order chi connectivity index (χ0) is 27.5. The number of imidazole rings is 1. The van der Waals surface area contributed by atoms with Crippen molar-refractivity contribution in [1.29, 1.82) is 0 Å². The van der Waals surface area contributed by atoms with Crippen molar-refractivity contribution in [3.63, 3.8) is 0 Å². The third-order valence-corrected chi connectivity index (χ3v) is 7.34. The van der Waals surface area contributed by atoms with Crippen molar-refractivity contribution >= 4 is 28.6 Å². The van der Waals surface area contributed by atoms with E-state index in [0.29, 0.717) is 13.0 Å². The number of hydrogen-bond donors (Lipinski definition) is 2. The molecule has 1 amide bonds. The number of hydrogen-bond acceptors (Lipinski definition) is 9. The van der Waals surface area contributed by atoms with Crippen molar-refractivity contribution in [1.82, 2.24) is 29.6 Å². The van der Waals surface area contributed by atoms with Crippen LogP contribution >= 0.6 is 0 Å². The first-order chi connectivity index (χ1) is 18.5. The molecule has 0 bridgehead atoms. The molecule has 6 rings (SSSR count). The fraction of sp³-hybridized carbons (Fsp3) is 0.375. The van der Waals surface area contributed by atoms with Crippen LogP contribution in [0.3, 0.4) is 0 Å². The number of alkyl halides is 3. The number of nitrogen functional groups attached to an aromatic ring is 1. The van der Waals surface area contributed by atoms with Crippen molar-refractivity contribution < 1.29 is 26.9 Å². The molecule has 1 fully saturated rings. The molecular weight excluding hydrogens is 522 g/mol. The lowest BCUT2D eigenvalue weighted by Crippen LogP contribution is -2.57. The summed E-state index contributed by atoms with van der Waals surface area (Å²) in [5.74, 6) is -1.66. The molecule has 4 N–H and O–H groups in total. The van der Waals surface area contributed by atoms with Crippen molar-refractivity contribution in [2.75, 3.05) is 30.3 Å². The van der Waals surface area contributed by atoms with Gasteiger partial charge in [0.05, 0.1) is 30.7 Å². The van der Waals surface area contributed by atoms with Gasteiger partial charge in [-0.15, -0.1) is 0 Å². The average Bonchev–Trinajstić information content (AvgIpc) is 3.62. The maximum Gasteiger partial charge on any atom is 0.419 e. The monoisotopic (exact) mass is 545 g/mol. The number of nitrogens with zero attached hydrogens (tertiary/aromatic N) is 7. The van der Waals surface area contributed by atoms with Gasteiger partial charge in [0, 0.05) is 42.9 Å². The summed E-state index contributed by atoms with van der Waals surface area (Å²) in [6.45, 7) is 0.434. The summed E-state index contributed by atoms with van der Waals surface area (Å²) in [5.41, 5.74) is 11.4. The van der Waals surface area contributed by atoms with Gasteiger partial charge >= 0.3 is 6.18 Å². The van der Waals surface area contributed by atoms with Crippen LogP contribution in [-0.2, 0) is 30.5 Å². The minimum absolute atomic E-state index is 0.0471. The Morgan fingerprint density at radius 2 is 2.00 bits per heavy atom. The molecule has 204 valence electrons. The molecule has 0 aliphatic carbocycles. The molecule has 1 aromatic carbocycles. The molecule has 2 aliphatic rings. The second kappa shape index (κ2) is 8.90. The minimum Gasteiger partial charge on any atom is -0.382 e. The predicted molar refractivity (Wildman–Crippen MR) is 130 cm³/mol. The van der Waals surface area contributed by atoms with Crippen LogP contribution in [0, 0.1) is 5.82 Å². The molecular formula is C24H23F4N9O2. The highest BCUT2D eigenvalue weighted by atomic mass is 19.4. The fourth-order valence-corrected chi connectivity index (χ4v) is 5.40. The zero-order valence-corrected chi connectivity index (χ0v) is 20.5. The van der Waals surface area contributed by atoms with E-state index in [1.54, 1.807) is 9.80 Å². The van der Waals surface area contributed by atoms with E-state index < -0.39 is 29.6 Å². The Labute approximate surface area is 218 Å². The molecule has 4 aromatic rings. The summed E-state index contributed by atoms with van der Waals surface area (Å²) < 4.78 is 63.6. The lowest BCUT2D eigenvalue weighted by atomic mass is 9.96. The molecule has 0 radical (unpaired) electrons. The number of anilines is 2. The number of carbonyl (C=O) groups is 1. The summed E-state index contributed by atoms with van der Waals surface area (Å²) in [5, 5.41) is 3.92. The third kappa shape index (κ3) is 4.22. The molecule has 0 spiro atoms. The summed E-state index contributed by atoms with van der Waals surface area (Å²) in [4.78, 5) is 28.7. The summed E-state index contributed by atoms with van der Waals surface area (Å²) in [7, 11) is 0. The maximum atomic E-state index is 14.7. The van der Waals surface area contributed by atoms with Gasteiger partial charge in [0.15, 0.2) is 11.5 Å². The number of halogens is 4. The SMILES string of the molecule is Nc1ncnc2c1ncn2Cc1c(N2CCC(N)(C(=O)N3CCc4nocc4C3)C2)ccc(F)c1C(F)(F)F. The van der Waals surface area contributed by atoms with Crippen LogP contribution in [0.5, 0.6) is 0 Å². The van der Waals surface area contributed by atoms with Gasteiger partial charge < -0.3 is 30.4 Å². The molecule has 15 heteroatoms. The average molecular weight is 546 g/mol. The Morgan fingerprint density at radius 1 is 1.18 bits per heavy atom. The molecule has 5 heterocycles. The number of nitrogens with two attached hydrogens (primary N) is 2. The first kappa shape index (κ1) is 25.0. The van der Waals surface area contributed by atoms with Gasteiger partial charge in [-0.3, -0.25) is 4.79 Å². The Balaban J connectivity index is 1.34. The smallest absolute Gasteiger partial charge is 0.382 e. The molecule has 0 saturated carbocycles. The van der Waals surface area contributed by atoms with E-state index in [9.17, 15) is 22.4 Å². The van der Waals surface area contributed by atoms with E-state index in [4.69, 9.17) is 16.0 Å². The Hall–Kier alpha value is -4.27. The molecule has 11 nitrogen and oxygen atoms in total. The minimum atomic E-state index is -4.99. The largest absolute Gasteiger partial charge is 0.419 e. The van der Waals surface area contributed by atoms with E-state index >= 15 is 0 Å². The molecule has 2 aliphatic heterocycles. The normalized spacial score (nSPS) is 19.6. The second-order valence-electron chi connectivity index (χ2n) is 9.81. The quantitative estimate of drug-likeness (QED) is 0.368. The van der Waals surface area contributed by atoms with E-state index in [1.807, 2.05) is 0 Å². The van der Waals surface area contributed by atoms with E-state index in [2.05, 4.69) is 20.1 Å². The van der Waals surface area contributed by atoms with Crippen molar-refractivity contribution in [2.24, 2.45) is 5.73 Å². The van der Waals surface area contributed by atoms with Gasteiger partial charge in [-0.05, 0) is 18.6 Å². The van der Waals surface area contributed by atoms with Gasteiger partial charge in [0.2, 0.25) is 5.91 Å². The molecule has 1 unspecified atom stereocenters. The first-order valence-corrected chi connectivity index (χ1v) is 12.1. The van der Waals surface area contributed by atoms with Gasteiger partial charge in [-0.2, -0.15) is 13.2 Å². The number of amides is 1. The first-order valence-electron chi connectivity index (χ1n) is 12.1. The van der Waals surface area contributed by atoms with Crippen LogP contribution in [0.25, 0.3) is 11.2 Å². The zero-order valence-electron chi connectivity index (χ0n) is 20.5. The Morgan fingerprint density at radius 3 is 2.79 bits per heavy atom. The highest BCUT2D eigenvalue weighted by Gasteiger charge is 2.46. The lowest BCUT2D eigenvalue weighted by molar-refractivity contribution is -0.140. The Kier molecular flexibility index (Phi) is 5.71. The second-order valence-corrected chi connectivity index (χ2v) is 9.81. The van der Waals surface area contributed by atoms with Crippen LogP contribution in [0.4, 0.5) is 29.1 Å². The van der Waals surface area contributed by atoms with E-state index in [-0.39, 0.29) is 60.2 Å². The molecule has 1 saturated heterocycles. The van der Waals surface area contributed by atoms with Crippen molar-refractivity contribution in [3.8, 4) is 0 Å². The topological polar surface area (TPSA) is 145 Å². The standard InChI is InChI=1S/C24H23F4N9O2/c25-15-1-2-17(14(18(15)24(26,27)28)8-37-12-33-19-20(29)31-11-32-21(19)37)36-6-4-23(30,10-36)22(38)35-5-3-16-13(7-35)9-39-34-16/h1-2,9,11-12H,3-8,10,30H2,(H2,29,31,32). The van der Waals surface area contributed by atoms with Crippen LogP contribution < -0.4 is 16.4 Å². The summed E-state index contributed by atoms with van der Waals surface area (Å²) in [6.07, 6.45) is -0.332. The highest BCUT2D eigenvalue weighted by Crippen LogP contribution is 2.41. The molecule has 1 atom stereocenters. The number of benzene rings is 1. The van der Waals surface area contributed by atoms with Crippen LogP contribution in [0.2, 0.25) is 0 Å². The van der Waals surface area contributed by atoms with Gasteiger partial charge in [-0.1, -0.05) is 5.16 Å². The number of fused-ring (bicyclic) bond motifs is 2. The van der Waals surface area contributed by atoms with Crippen LogP contribution in [-0.4, -0.2) is 60.7 Å². The summed E-state index contributed by atoms with van der Waals surface area (Å²) >= 11 is 0. The Bertz CT molecular complexity index is 1580. The van der Waals surface area contributed by atoms with Gasteiger partial charge in [0.25, 0.3) is 0 Å². The molecule has 3 aromatic heterocycles. The summed E-state index contributed by atoms with van der Waals surface area (Å²) in [6, 6.07) is 2.06. The van der Waals surface area contributed by atoms with Crippen LogP contribution in [0.1, 0.15) is 28.8 Å². The fourth-order valence-electron chi connectivity index (χ4n) is 5.40. The predicted octanol–water partition coefficient (Wildman–Crippen LogP) is 2.10. The third-order valence-electron chi connectivity index (χ3n) is 7.34. The van der Waals surface area contributed by atoms with E-state index in [1.165, 1.54) is 29.6 Å². The molecule has 39 heavy (non-hydrogen) atoms. The number of carbonyl (C=O) groups excluding carboxylic acids is 1. The number of aromatic nitrogens is 5. The lowest BCUT2D eigenvalue weighted by Gasteiger charge is -2.34. The van der Waals surface area contributed by atoms with Crippen LogP contribution in [0.15, 0.2) is 35.6 Å². The van der Waals surface area contributed by atoms with Crippen molar-refractivity contribution in [3.05, 3.63) is 59.3 Å². The van der Waals surface area contributed by atoms with Gasteiger partial charge in [0.1, 0.15) is 29.5 Å². The van der Waals surface area contributed by atoms with E-state index in [0.717, 1.165) is 17.3 Å².